The zero-order valence-electron chi connectivity index (χ0n) is 11.3. The molecule has 3 nitrogen and oxygen atoms in total. The average Bonchev–Trinajstić information content (AvgIpc) is 2.95. The highest BCUT2D eigenvalue weighted by Crippen LogP contribution is 2.45. The molecule has 2 fully saturated rings. The lowest BCUT2D eigenvalue weighted by Crippen LogP contribution is -2.36. The van der Waals surface area contributed by atoms with Gasteiger partial charge in [-0.15, -0.1) is 0 Å². The van der Waals surface area contributed by atoms with Crippen LogP contribution in [0.15, 0.2) is 30.3 Å². The molecule has 0 aliphatic heterocycles. The number of rotatable bonds is 2. The van der Waals surface area contributed by atoms with Crippen LogP contribution in [0.3, 0.4) is 0 Å². The fourth-order valence-corrected chi connectivity index (χ4v) is 3.82. The number of amides is 1. The van der Waals surface area contributed by atoms with Crippen molar-refractivity contribution in [3.05, 3.63) is 35.9 Å². The number of fused-ring (bicyclic) bond motifs is 1. The van der Waals surface area contributed by atoms with Gasteiger partial charge in [0.05, 0.1) is 6.10 Å². The summed E-state index contributed by atoms with van der Waals surface area (Å²) in [5.41, 5.74) is 0.766. The quantitative estimate of drug-likeness (QED) is 0.885. The maximum atomic E-state index is 12.4. The van der Waals surface area contributed by atoms with Crippen LogP contribution < -0.4 is 0 Å². The summed E-state index contributed by atoms with van der Waals surface area (Å²) in [7, 11) is 1.91. The summed E-state index contributed by atoms with van der Waals surface area (Å²) in [6.45, 7) is 0. The van der Waals surface area contributed by atoms with E-state index in [1.54, 1.807) is 0 Å². The molecule has 1 aromatic carbocycles. The highest BCUT2D eigenvalue weighted by Gasteiger charge is 2.43. The van der Waals surface area contributed by atoms with E-state index in [1.165, 1.54) is 0 Å². The van der Waals surface area contributed by atoms with Crippen molar-refractivity contribution in [2.45, 2.75) is 37.8 Å². The highest BCUT2D eigenvalue weighted by atomic mass is 16.3. The number of carbonyl (C=O) groups excluding carboxylic acids is 1. The lowest BCUT2D eigenvalue weighted by molar-refractivity contribution is 0.0722. The van der Waals surface area contributed by atoms with Crippen molar-refractivity contribution in [2.24, 2.45) is 11.8 Å². The number of benzene rings is 1. The molecule has 4 atom stereocenters. The number of carbonyl (C=O) groups is 1. The first-order valence-corrected chi connectivity index (χ1v) is 7.15. The third-order valence-corrected chi connectivity index (χ3v) is 4.85. The van der Waals surface area contributed by atoms with Crippen LogP contribution in [0.1, 0.15) is 36.0 Å². The summed E-state index contributed by atoms with van der Waals surface area (Å²) in [4.78, 5) is 14.3. The molecule has 0 spiro atoms. The minimum atomic E-state index is -0.105. The van der Waals surface area contributed by atoms with E-state index < -0.39 is 0 Å². The molecule has 0 aromatic heterocycles. The van der Waals surface area contributed by atoms with Crippen LogP contribution in [0.4, 0.5) is 0 Å². The first-order chi connectivity index (χ1) is 9.15. The molecule has 3 heteroatoms. The van der Waals surface area contributed by atoms with E-state index in [0.29, 0.717) is 17.9 Å². The Hall–Kier alpha value is -1.35. The lowest BCUT2D eigenvalue weighted by Gasteiger charge is -2.25. The summed E-state index contributed by atoms with van der Waals surface area (Å²) < 4.78 is 0. The van der Waals surface area contributed by atoms with Gasteiger partial charge in [-0.25, -0.2) is 0 Å². The summed E-state index contributed by atoms with van der Waals surface area (Å²) >= 11 is 0. The molecule has 0 saturated heterocycles. The minimum absolute atomic E-state index is 0.105. The Morgan fingerprint density at radius 2 is 1.68 bits per heavy atom. The lowest BCUT2D eigenvalue weighted by atomic mass is 10.0. The second-order valence-electron chi connectivity index (χ2n) is 6.05. The largest absolute Gasteiger partial charge is 0.393 e. The zero-order chi connectivity index (χ0) is 13.4. The van der Waals surface area contributed by atoms with Crippen molar-refractivity contribution in [3.63, 3.8) is 0 Å². The van der Waals surface area contributed by atoms with Gasteiger partial charge in [0.15, 0.2) is 0 Å². The topological polar surface area (TPSA) is 40.5 Å². The van der Waals surface area contributed by atoms with E-state index in [9.17, 15) is 9.90 Å². The Kier molecular flexibility index (Phi) is 3.31. The summed E-state index contributed by atoms with van der Waals surface area (Å²) in [5, 5.41) is 9.67. The van der Waals surface area contributed by atoms with Crippen molar-refractivity contribution in [1.29, 1.82) is 0 Å². The van der Waals surface area contributed by atoms with Gasteiger partial charge in [-0.3, -0.25) is 4.79 Å². The number of aliphatic hydroxyl groups is 1. The Bertz CT molecular complexity index is 445. The van der Waals surface area contributed by atoms with Gasteiger partial charge >= 0.3 is 0 Å². The predicted molar refractivity (Wildman–Crippen MR) is 73.8 cm³/mol. The molecular formula is C16H21NO2. The maximum absolute atomic E-state index is 12.4. The van der Waals surface area contributed by atoms with Gasteiger partial charge in [-0.2, -0.15) is 0 Å². The zero-order valence-corrected chi connectivity index (χ0v) is 11.3. The Labute approximate surface area is 114 Å². The molecule has 2 aliphatic carbocycles. The first-order valence-electron chi connectivity index (χ1n) is 7.15. The van der Waals surface area contributed by atoms with E-state index in [4.69, 9.17) is 0 Å². The van der Waals surface area contributed by atoms with Crippen LogP contribution in [-0.2, 0) is 0 Å². The molecule has 0 radical (unpaired) electrons. The molecule has 3 rings (SSSR count). The van der Waals surface area contributed by atoms with Crippen LogP contribution in [0, 0.1) is 11.8 Å². The second kappa shape index (κ2) is 4.97. The highest BCUT2D eigenvalue weighted by molar-refractivity contribution is 5.94. The van der Waals surface area contributed by atoms with Crippen LogP contribution in [0.5, 0.6) is 0 Å². The van der Waals surface area contributed by atoms with Crippen molar-refractivity contribution >= 4 is 5.91 Å². The monoisotopic (exact) mass is 259 g/mol. The van der Waals surface area contributed by atoms with Crippen molar-refractivity contribution in [2.75, 3.05) is 7.05 Å². The Balaban J connectivity index is 1.66. The van der Waals surface area contributed by atoms with E-state index in [1.807, 2.05) is 42.3 Å². The van der Waals surface area contributed by atoms with Gasteiger partial charge in [-0.1, -0.05) is 18.2 Å². The molecular weight excluding hydrogens is 238 g/mol. The smallest absolute Gasteiger partial charge is 0.253 e. The molecule has 0 heterocycles. The van der Waals surface area contributed by atoms with Gasteiger partial charge in [0, 0.05) is 18.7 Å². The molecule has 1 aromatic rings. The van der Waals surface area contributed by atoms with Gasteiger partial charge in [0.2, 0.25) is 0 Å². The van der Waals surface area contributed by atoms with Crippen molar-refractivity contribution in [3.8, 4) is 0 Å². The van der Waals surface area contributed by atoms with Crippen molar-refractivity contribution in [1.82, 2.24) is 4.90 Å². The van der Waals surface area contributed by atoms with Gasteiger partial charge in [-0.05, 0) is 49.7 Å². The van der Waals surface area contributed by atoms with Crippen molar-refractivity contribution < 1.29 is 9.90 Å². The molecule has 0 bridgehead atoms. The fourth-order valence-electron chi connectivity index (χ4n) is 3.82. The summed E-state index contributed by atoms with van der Waals surface area (Å²) in [6, 6.07) is 9.83. The third kappa shape index (κ3) is 2.39. The molecule has 2 unspecified atom stereocenters. The summed E-state index contributed by atoms with van der Waals surface area (Å²) in [5.74, 6) is 1.35. The maximum Gasteiger partial charge on any atom is 0.253 e. The number of nitrogens with zero attached hydrogens (tertiary/aromatic N) is 1. The summed E-state index contributed by atoms with van der Waals surface area (Å²) in [6.07, 6.45) is 3.85. The van der Waals surface area contributed by atoms with Gasteiger partial charge in [0.25, 0.3) is 5.91 Å². The van der Waals surface area contributed by atoms with Crippen LogP contribution in [-0.4, -0.2) is 35.1 Å². The van der Waals surface area contributed by atoms with E-state index in [-0.39, 0.29) is 12.0 Å². The number of aliphatic hydroxyl groups excluding tert-OH is 1. The fraction of sp³-hybridized carbons (Fsp3) is 0.562. The van der Waals surface area contributed by atoms with Crippen LogP contribution in [0.25, 0.3) is 0 Å². The molecule has 102 valence electrons. The number of hydrogen-bond donors (Lipinski definition) is 1. The molecule has 2 aliphatic rings. The molecule has 1 amide bonds. The predicted octanol–water partition coefficient (Wildman–Crippen LogP) is 2.31. The van der Waals surface area contributed by atoms with Gasteiger partial charge in [0.1, 0.15) is 0 Å². The third-order valence-electron chi connectivity index (χ3n) is 4.85. The molecule has 19 heavy (non-hydrogen) atoms. The second-order valence-corrected chi connectivity index (χ2v) is 6.05. The van der Waals surface area contributed by atoms with Crippen LogP contribution in [0.2, 0.25) is 0 Å². The van der Waals surface area contributed by atoms with E-state index in [0.717, 1.165) is 31.2 Å². The normalized spacial score (nSPS) is 33.2. The van der Waals surface area contributed by atoms with Crippen LogP contribution >= 0.6 is 0 Å². The van der Waals surface area contributed by atoms with Gasteiger partial charge < -0.3 is 10.0 Å². The Morgan fingerprint density at radius 3 is 2.26 bits per heavy atom. The SMILES string of the molecule is CN(C(=O)c1ccccc1)C1C[C@H]2CC(O)C[C@H]2C1. The molecule has 2 saturated carbocycles. The minimum Gasteiger partial charge on any atom is -0.393 e. The average molecular weight is 259 g/mol. The Morgan fingerprint density at radius 1 is 1.11 bits per heavy atom. The van der Waals surface area contributed by atoms with E-state index >= 15 is 0 Å². The number of hydrogen-bond acceptors (Lipinski definition) is 2. The van der Waals surface area contributed by atoms with E-state index in [2.05, 4.69) is 0 Å². The standard InChI is InChI=1S/C16H21NO2/c1-17(16(19)11-5-3-2-4-6-11)14-7-12-9-15(18)10-13(12)8-14/h2-6,12-15,18H,7-10H2,1H3/t12-,13+,14?,15?. The molecule has 1 N–H and O–H groups in total. The first kappa shape index (κ1) is 12.7.